The van der Waals surface area contributed by atoms with Gasteiger partial charge in [-0.15, -0.1) is 0 Å². The normalized spacial score (nSPS) is 16.2. The van der Waals surface area contributed by atoms with Gasteiger partial charge in [0, 0.05) is 39.3 Å². The molecule has 0 aromatic heterocycles. The number of piperazine rings is 1. The van der Waals surface area contributed by atoms with Crippen LogP contribution >= 0.6 is 0 Å². The Morgan fingerprint density at radius 3 is 1.75 bits per heavy atom. The first-order chi connectivity index (χ1) is 11.6. The first-order valence-electron chi connectivity index (χ1n) is 9.46. The molecule has 146 valence electrons. The number of ether oxygens (including phenoxy) is 3. The topological polar surface area (TPSA) is 54.4 Å². The fourth-order valence-electron chi connectivity index (χ4n) is 2.24. The van der Waals surface area contributed by atoms with Gasteiger partial charge in [-0.05, 0) is 13.8 Å². The molecule has 0 radical (unpaired) electrons. The van der Waals surface area contributed by atoms with E-state index in [1.165, 1.54) is 6.42 Å². The van der Waals surface area contributed by atoms with Gasteiger partial charge in [0.2, 0.25) is 0 Å². The van der Waals surface area contributed by atoms with Gasteiger partial charge in [-0.1, -0.05) is 20.3 Å². The molecule has 0 atom stereocenters. The van der Waals surface area contributed by atoms with Crippen molar-refractivity contribution in [3.05, 3.63) is 0 Å². The number of hydrogen-bond acceptors (Lipinski definition) is 6. The Kier molecular flexibility index (Phi) is 17.4. The van der Waals surface area contributed by atoms with E-state index in [2.05, 4.69) is 23.6 Å². The molecular formula is C18H40N2O4. The van der Waals surface area contributed by atoms with Crippen LogP contribution in [-0.4, -0.2) is 99.9 Å². The van der Waals surface area contributed by atoms with Crippen molar-refractivity contribution in [2.45, 2.75) is 40.2 Å². The third kappa shape index (κ3) is 15.3. The molecule has 1 aliphatic rings. The first kappa shape index (κ1) is 23.8. The van der Waals surface area contributed by atoms with Crippen molar-refractivity contribution in [1.82, 2.24) is 9.80 Å². The van der Waals surface area contributed by atoms with Gasteiger partial charge in [0.1, 0.15) is 0 Å². The molecule has 0 aromatic rings. The van der Waals surface area contributed by atoms with Crippen LogP contribution in [0.15, 0.2) is 0 Å². The van der Waals surface area contributed by atoms with Crippen LogP contribution in [0.25, 0.3) is 0 Å². The zero-order chi connectivity index (χ0) is 18.0. The highest BCUT2D eigenvalue weighted by Gasteiger charge is 2.15. The molecule has 1 saturated heterocycles. The maximum Gasteiger partial charge on any atom is 0.0703 e. The lowest BCUT2D eigenvalue weighted by molar-refractivity contribution is -0.00546. The highest BCUT2D eigenvalue weighted by atomic mass is 16.5. The van der Waals surface area contributed by atoms with Gasteiger partial charge in [-0.25, -0.2) is 0 Å². The summed E-state index contributed by atoms with van der Waals surface area (Å²) in [5, 5.41) is 8.89. The Balaban J connectivity index is 0.00000163. The molecule has 6 heteroatoms. The quantitative estimate of drug-likeness (QED) is 0.539. The Hall–Kier alpha value is -0.240. The first-order valence-corrected chi connectivity index (χ1v) is 9.46. The molecule has 0 spiro atoms. The van der Waals surface area contributed by atoms with E-state index in [-0.39, 0.29) is 12.7 Å². The molecule has 0 amide bonds. The lowest BCUT2D eigenvalue weighted by Gasteiger charge is -2.34. The van der Waals surface area contributed by atoms with Crippen LogP contribution in [0.2, 0.25) is 0 Å². The second-order valence-corrected chi connectivity index (χ2v) is 6.26. The monoisotopic (exact) mass is 348 g/mol. The van der Waals surface area contributed by atoms with E-state index >= 15 is 0 Å². The van der Waals surface area contributed by atoms with Gasteiger partial charge in [-0.3, -0.25) is 9.80 Å². The summed E-state index contributed by atoms with van der Waals surface area (Å²) in [6.45, 7) is 17.8. The predicted molar refractivity (Wildman–Crippen MR) is 98.7 cm³/mol. The van der Waals surface area contributed by atoms with Crippen LogP contribution in [0.1, 0.15) is 34.1 Å². The fourth-order valence-corrected chi connectivity index (χ4v) is 2.24. The zero-order valence-corrected chi connectivity index (χ0v) is 16.3. The number of rotatable bonds is 12. The molecule has 0 aromatic carbocycles. The minimum Gasteiger partial charge on any atom is -0.395 e. The van der Waals surface area contributed by atoms with E-state index in [1.807, 2.05) is 13.8 Å². The summed E-state index contributed by atoms with van der Waals surface area (Å²) in [5.74, 6) is 0. The van der Waals surface area contributed by atoms with Gasteiger partial charge in [0.25, 0.3) is 0 Å². The van der Waals surface area contributed by atoms with E-state index in [9.17, 15) is 0 Å². The average molecular weight is 349 g/mol. The van der Waals surface area contributed by atoms with E-state index in [4.69, 9.17) is 19.3 Å². The van der Waals surface area contributed by atoms with Crippen LogP contribution in [0.5, 0.6) is 0 Å². The van der Waals surface area contributed by atoms with Crippen molar-refractivity contribution in [3.63, 3.8) is 0 Å². The molecule has 1 N–H and O–H groups in total. The largest absolute Gasteiger partial charge is 0.395 e. The van der Waals surface area contributed by atoms with Crippen LogP contribution < -0.4 is 0 Å². The maximum atomic E-state index is 8.89. The second kappa shape index (κ2) is 17.6. The van der Waals surface area contributed by atoms with Gasteiger partial charge >= 0.3 is 0 Å². The summed E-state index contributed by atoms with van der Waals surface area (Å²) in [5.41, 5.74) is 0. The molecule has 0 bridgehead atoms. The fraction of sp³-hybridized carbons (Fsp3) is 1.00. The van der Waals surface area contributed by atoms with Crippen LogP contribution in [-0.2, 0) is 14.2 Å². The van der Waals surface area contributed by atoms with Gasteiger partial charge in [0.05, 0.1) is 45.7 Å². The van der Waals surface area contributed by atoms with Crippen LogP contribution in [0.3, 0.4) is 0 Å². The summed E-state index contributed by atoms with van der Waals surface area (Å²) >= 11 is 0. The number of hydrogen-bond donors (Lipinski definition) is 1. The number of aliphatic hydroxyl groups excluding tert-OH is 1. The summed E-state index contributed by atoms with van der Waals surface area (Å²) in [7, 11) is 0. The Morgan fingerprint density at radius 2 is 1.25 bits per heavy atom. The summed E-state index contributed by atoms with van der Waals surface area (Å²) in [6, 6.07) is 0. The minimum atomic E-state index is 0.255. The number of aliphatic hydroxyl groups is 1. The van der Waals surface area contributed by atoms with E-state index < -0.39 is 0 Å². The molecule has 1 heterocycles. The Bertz CT molecular complexity index is 247. The van der Waals surface area contributed by atoms with E-state index in [0.717, 1.165) is 45.9 Å². The van der Waals surface area contributed by atoms with E-state index in [1.54, 1.807) is 0 Å². The molecule has 6 nitrogen and oxygen atoms in total. The standard InChI is InChI=1S/C15H32N2O4.C3H8/c1-15(2)21-14-13-20-12-11-19-10-8-17-5-3-16(4-6-17)7-9-18;1-3-2/h15,18H,3-14H2,1-2H3;3H2,1-2H3. The van der Waals surface area contributed by atoms with Crippen molar-refractivity contribution < 1.29 is 19.3 Å². The number of β-amino-alcohol motifs (C(OH)–C–C–N with tert-alkyl or cyclic N) is 1. The molecular weight excluding hydrogens is 308 g/mol. The lowest BCUT2D eigenvalue weighted by atomic mass is 10.3. The van der Waals surface area contributed by atoms with Crippen molar-refractivity contribution in [1.29, 1.82) is 0 Å². The molecule has 0 saturated carbocycles. The lowest BCUT2D eigenvalue weighted by Crippen LogP contribution is -2.47. The van der Waals surface area contributed by atoms with Gasteiger partial charge in [-0.2, -0.15) is 0 Å². The van der Waals surface area contributed by atoms with Crippen molar-refractivity contribution in [3.8, 4) is 0 Å². The average Bonchev–Trinajstić information content (AvgIpc) is 2.55. The Morgan fingerprint density at radius 1 is 0.792 bits per heavy atom. The highest BCUT2D eigenvalue weighted by molar-refractivity contribution is 4.71. The van der Waals surface area contributed by atoms with Crippen molar-refractivity contribution in [2.24, 2.45) is 0 Å². The highest BCUT2D eigenvalue weighted by Crippen LogP contribution is 2.00. The Labute approximate surface area is 149 Å². The predicted octanol–water partition coefficient (Wildman–Crippen LogP) is 1.47. The molecule has 1 aliphatic heterocycles. The number of nitrogens with zero attached hydrogens (tertiary/aromatic N) is 2. The third-order valence-electron chi connectivity index (χ3n) is 3.48. The molecule has 0 unspecified atom stereocenters. The van der Waals surface area contributed by atoms with E-state index in [0.29, 0.717) is 26.4 Å². The summed E-state index contributed by atoms with van der Waals surface area (Å²) in [4.78, 5) is 4.70. The third-order valence-corrected chi connectivity index (χ3v) is 3.48. The smallest absolute Gasteiger partial charge is 0.0703 e. The van der Waals surface area contributed by atoms with Crippen molar-refractivity contribution >= 4 is 0 Å². The summed E-state index contributed by atoms with van der Waals surface area (Å²) in [6.07, 6.45) is 1.52. The molecule has 1 rings (SSSR count). The molecule has 1 fully saturated rings. The molecule has 24 heavy (non-hydrogen) atoms. The zero-order valence-electron chi connectivity index (χ0n) is 16.3. The van der Waals surface area contributed by atoms with Gasteiger partial charge in [0.15, 0.2) is 0 Å². The van der Waals surface area contributed by atoms with Crippen LogP contribution in [0, 0.1) is 0 Å². The minimum absolute atomic E-state index is 0.255. The SMILES string of the molecule is CC(C)OCCOCCOCCN1CCN(CCO)CC1.CCC. The van der Waals surface area contributed by atoms with Gasteiger partial charge < -0.3 is 19.3 Å². The second-order valence-electron chi connectivity index (χ2n) is 6.26. The van der Waals surface area contributed by atoms with Crippen molar-refractivity contribution in [2.75, 3.05) is 78.9 Å². The van der Waals surface area contributed by atoms with Crippen LogP contribution in [0.4, 0.5) is 0 Å². The molecule has 0 aliphatic carbocycles. The summed E-state index contributed by atoms with van der Waals surface area (Å²) < 4.78 is 16.4. The maximum absolute atomic E-state index is 8.89.